The number of nitrogens with zero attached hydrogens (tertiary/aromatic N) is 2. The van der Waals surface area contributed by atoms with Gasteiger partial charge in [-0.25, -0.2) is 0 Å². The second-order valence-electron chi connectivity index (χ2n) is 5.30. The molecule has 112 valence electrons. The number of hydrogen-bond donors (Lipinski definition) is 0. The van der Waals surface area contributed by atoms with Crippen LogP contribution in [0.15, 0.2) is 22.6 Å². The van der Waals surface area contributed by atoms with Crippen molar-refractivity contribution >= 4 is 40.1 Å². The highest BCUT2D eigenvalue weighted by atomic mass is 35.5. The first kappa shape index (κ1) is 14.7. The topological polar surface area (TPSA) is 36.7 Å². The van der Waals surface area contributed by atoms with Crippen molar-refractivity contribution in [3.8, 4) is 0 Å². The third kappa shape index (κ3) is 3.18. The van der Waals surface area contributed by atoms with E-state index in [0.717, 1.165) is 37.3 Å². The predicted octanol–water partition coefficient (Wildman–Crippen LogP) is 3.40. The number of fused-ring (bicyclic) bond motifs is 1. The fourth-order valence-electron chi connectivity index (χ4n) is 2.65. The first-order valence-electron chi connectivity index (χ1n) is 6.88. The summed E-state index contributed by atoms with van der Waals surface area (Å²) < 4.78 is 5.82. The first-order valence-corrected chi connectivity index (χ1v) is 7.64. The van der Waals surface area contributed by atoms with E-state index in [9.17, 15) is 4.79 Å². The molecule has 1 amide bonds. The zero-order chi connectivity index (χ0) is 15.0. The number of amides is 1. The molecule has 1 aliphatic heterocycles. The summed E-state index contributed by atoms with van der Waals surface area (Å²) in [5.74, 6) is 1.00. The van der Waals surface area contributed by atoms with Crippen molar-refractivity contribution in [3.63, 3.8) is 0 Å². The van der Waals surface area contributed by atoms with Gasteiger partial charge >= 0.3 is 0 Å². The van der Waals surface area contributed by atoms with Crippen LogP contribution in [0.3, 0.4) is 0 Å². The number of furan rings is 1. The van der Waals surface area contributed by atoms with Crippen LogP contribution in [0.1, 0.15) is 12.7 Å². The molecular weight excluding hydrogens is 311 g/mol. The van der Waals surface area contributed by atoms with Crippen LogP contribution in [0.4, 0.5) is 0 Å². The molecule has 1 aromatic heterocycles. The van der Waals surface area contributed by atoms with E-state index >= 15 is 0 Å². The Kier molecular flexibility index (Phi) is 4.11. The minimum absolute atomic E-state index is 0.139. The number of carbonyl (C=O) groups is 1. The molecule has 6 heteroatoms. The quantitative estimate of drug-likeness (QED) is 0.848. The van der Waals surface area contributed by atoms with Crippen molar-refractivity contribution in [1.82, 2.24) is 9.80 Å². The second-order valence-corrected chi connectivity index (χ2v) is 6.14. The summed E-state index contributed by atoms with van der Waals surface area (Å²) in [6.45, 7) is 5.57. The van der Waals surface area contributed by atoms with E-state index in [1.807, 2.05) is 17.0 Å². The average Bonchev–Trinajstić information content (AvgIpc) is 2.82. The van der Waals surface area contributed by atoms with Crippen molar-refractivity contribution in [2.75, 3.05) is 26.2 Å². The van der Waals surface area contributed by atoms with Crippen LogP contribution in [-0.4, -0.2) is 41.9 Å². The molecule has 21 heavy (non-hydrogen) atoms. The van der Waals surface area contributed by atoms with Gasteiger partial charge in [0, 0.05) is 43.5 Å². The molecule has 0 unspecified atom stereocenters. The normalized spacial score (nSPS) is 16.6. The molecule has 0 atom stereocenters. The third-order valence-electron chi connectivity index (χ3n) is 3.78. The predicted molar refractivity (Wildman–Crippen MR) is 83.8 cm³/mol. The van der Waals surface area contributed by atoms with Crippen LogP contribution in [0.2, 0.25) is 10.0 Å². The minimum Gasteiger partial charge on any atom is -0.458 e. The second kappa shape index (κ2) is 5.87. The van der Waals surface area contributed by atoms with Gasteiger partial charge < -0.3 is 9.32 Å². The summed E-state index contributed by atoms with van der Waals surface area (Å²) in [7, 11) is 0. The summed E-state index contributed by atoms with van der Waals surface area (Å²) in [6, 6.07) is 5.51. The molecular formula is C15H16Cl2N2O2. The van der Waals surface area contributed by atoms with Crippen LogP contribution in [-0.2, 0) is 11.3 Å². The van der Waals surface area contributed by atoms with Gasteiger partial charge in [-0.1, -0.05) is 23.2 Å². The smallest absolute Gasteiger partial charge is 0.219 e. The van der Waals surface area contributed by atoms with Gasteiger partial charge in [0.1, 0.15) is 5.76 Å². The number of rotatable bonds is 2. The molecule has 1 saturated heterocycles. The Labute approximate surface area is 133 Å². The van der Waals surface area contributed by atoms with E-state index < -0.39 is 0 Å². The summed E-state index contributed by atoms with van der Waals surface area (Å²) in [6.07, 6.45) is 0. The highest BCUT2D eigenvalue weighted by molar-refractivity contribution is 6.38. The highest BCUT2D eigenvalue weighted by Gasteiger charge is 2.20. The van der Waals surface area contributed by atoms with E-state index in [4.69, 9.17) is 27.6 Å². The molecule has 0 saturated carbocycles. The SMILES string of the molecule is CC(=O)N1CCN(Cc2cc3cc(Cl)cc(Cl)c3o2)CC1. The highest BCUT2D eigenvalue weighted by Crippen LogP contribution is 2.31. The molecule has 0 N–H and O–H groups in total. The van der Waals surface area contributed by atoms with E-state index in [1.54, 1.807) is 13.0 Å². The lowest BCUT2D eigenvalue weighted by Crippen LogP contribution is -2.47. The summed E-state index contributed by atoms with van der Waals surface area (Å²) in [4.78, 5) is 15.4. The van der Waals surface area contributed by atoms with Crippen molar-refractivity contribution in [1.29, 1.82) is 0 Å². The van der Waals surface area contributed by atoms with Crippen LogP contribution >= 0.6 is 23.2 Å². The lowest BCUT2D eigenvalue weighted by molar-refractivity contribution is -0.130. The molecule has 2 aromatic rings. The Morgan fingerprint density at radius 3 is 2.57 bits per heavy atom. The van der Waals surface area contributed by atoms with Crippen LogP contribution < -0.4 is 0 Å². The van der Waals surface area contributed by atoms with Crippen molar-refractivity contribution in [2.45, 2.75) is 13.5 Å². The summed E-state index contributed by atoms with van der Waals surface area (Å²) in [5.41, 5.74) is 0.679. The van der Waals surface area contributed by atoms with Crippen LogP contribution in [0.25, 0.3) is 11.0 Å². The summed E-state index contributed by atoms with van der Waals surface area (Å²) in [5, 5.41) is 2.06. The van der Waals surface area contributed by atoms with Crippen molar-refractivity contribution in [3.05, 3.63) is 34.0 Å². The number of halogens is 2. The monoisotopic (exact) mass is 326 g/mol. The largest absolute Gasteiger partial charge is 0.458 e. The van der Waals surface area contributed by atoms with Crippen LogP contribution in [0.5, 0.6) is 0 Å². The van der Waals surface area contributed by atoms with Gasteiger partial charge in [-0.05, 0) is 18.2 Å². The standard InChI is InChI=1S/C15H16Cl2N2O2/c1-10(20)19-4-2-18(3-5-19)9-13-7-11-6-12(16)8-14(17)15(11)21-13/h6-8H,2-5,9H2,1H3. The Morgan fingerprint density at radius 2 is 1.90 bits per heavy atom. The molecule has 4 nitrogen and oxygen atoms in total. The van der Waals surface area contributed by atoms with E-state index in [0.29, 0.717) is 22.2 Å². The number of carbonyl (C=O) groups excluding carboxylic acids is 1. The Morgan fingerprint density at radius 1 is 1.19 bits per heavy atom. The van der Waals surface area contributed by atoms with Gasteiger partial charge in [0.2, 0.25) is 5.91 Å². The maximum atomic E-state index is 11.3. The van der Waals surface area contributed by atoms with Gasteiger partial charge in [-0.3, -0.25) is 9.69 Å². The fourth-order valence-corrected chi connectivity index (χ4v) is 3.20. The fraction of sp³-hybridized carbons (Fsp3) is 0.400. The number of benzene rings is 1. The van der Waals surface area contributed by atoms with E-state index in [2.05, 4.69) is 4.90 Å². The summed E-state index contributed by atoms with van der Waals surface area (Å²) >= 11 is 12.1. The van der Waals surface area contributed by atoms with Crippen molar-refractivity contribution < 1.29 is 9.21 Å². The van der Waals surface area contributed by atoms with Gasteiger partial charge in [-0.2, -0.15) is 0 Å². The molecule has 1 fully saturated rings. The lowest BCUT2D eigenvalue weighted by Gasteiger charge is -2.33. The van der Waals surface area contributed by atoms with Gasteiger partial charge in [0.15, 0.2) is 5.58 Å². The number of piperazine rings is 1. The third-order valence-corrected chi connectivity index (χ3v) is 4.28. The molecule has 1 aromatic carbocycles. The minimum atomic E-state index is 0.139. The van der Waals surface area contributed by atoms with E-state index in [1.165, 1.54) is 0 Å². The van der Waals surface area contributed by atoms with Gasteiger partial charge in [0.25, 0.3) is 0 Å². The van der Waals surface area contributed by atoms with Crippen LogP contribution in [0, 0.1) is 0 Å². The molecule has 1 aliphatic rings. The van der Waals surface area contributed by atoms with Crippen molar-refractivity contribution in [2.24, 2.45) is 0 Å². The molecule has 0 bridgehead atoms. The molecule has 0 spiro atoms. The van der Waals surface area contributed by atoms with Gasteiger partial charge in [-0.15, -0.1) is 0 Å². The zero-order valence-electron chi connectivity index (χ0n) is 11.7. The van der Waals surface area contributed by atoms with E-state index in [-0.39, 0.29) is 5.91 Å². The Balaban J connectivity index is 1.71. The molecule has 2 heterocycles. The molecule has 0 aliphatic carbocycles. The maximum Gasteiger partial charge on any atom is 0.219 e. The molecule has 3 rings (SSSR count). The average molecular weight is 327 g/mol. The number of hydrogen-bond acceptors (Lipinski definition) is 3. The van der Waals surface area contributed by atoms with Gasteiger partial charge in [0.05, 0.1) is 11.6 Å². The Hall–Kier alpha value is -1.23. The lowest BCUT2D eigenvalue weighted by atomic mass is 10.2. The first-order chi connectivity index (χ1) is 10.0. The maximum absolute atomic E-state index is 11.3. The molecule has 0 radical (unpaired) electrons. The Bertz CT molecular complexity index is 676. The zero-order valence-corrected chi connectivity index (χ0v) is 13.2.